The highest BCUT2D eigenvalue weighted by atomic mass is 79.9. The van der Waals surface area contributed by atoms with Crippen LogP contribution in [-0.2, 0) is 0 Å². The fourth-order valence-electron chi connectivity index (χ4n) is 3.60. The van der Waals surface area contributed by atoms with Crippen molar-refractivity contribution in [1.82, 2.24) is 9.97 Å². The van der Waals surface area contributed by atoms with Crippen LogP contribution in [0.4, 0.5) is 0 Å². The highest BCUT2D eigenvalue weighted by molar-refractivity contribution is 9.10. The monoisotopic (exact) mass is 462 g/mol. The molecule has 0 saturated carbocycles. The number of benzene rings is 4. The maximum absolute atomic E-state index is 4.94. The van der Waals surface area contributed by atoms with Gasteiger partial charge in [0.2, 0.25) is 0 Å². The standard InChI is InChI=1S/C28H19BrN2/c29-25-16-8-15-24(18-25)28-30-26(21-11-5-2-6-12-21)19-27(31-28)23-14-7-13-22(17-23)20-9-3-1-4-10-20/h1-19H. The van der Waals surface area contributed by atoms with Crippen LogP contribution >= 0.6 is 15.9 Å². The Morgan fingerprint density at radius 3 is 1.68 bits per heavy atom. The second kappa shape index (κ2) is 8.66. The third kappa shape index (κ3) is 4.32. The zero-order valence-corrected chi connectivity index (χ0v) is 18.3. The number of aromatic nitrogens is 2. The summed E-state index contributed by atoms with van der Waals surface area (Å²) < 4.78 is 1.01. The summed E-state index contributed by atoms with van der Waals surface area (Å²) in [4.78, 5) is 9.83. The molecule has 1 heterocycles. The van der Waals surface area contributed by atoms with E-state index in [9.17, 15) is 0 Å². The van der Waals surface area contributed by atoms with Gasteiger partial charge in [0.15, 0.2) is 5.82 Å². The van der Waals surface area contributed by atoms with Gasteiger partial charge in [0, 0.05) is 21.2 Å². The molecule has 0 spiro atoms. The number of nitrogens with zero attached hydrogens (tertiary/aromatic N) is 2. The molecule has 4 aromatic carbocycles. The Morgan fingerprint density at radius 1 is 0.419 bits per heavy atom. The largest absolute Gasteiger partial charge is 0.228 e. The number of hydrogen-bond acceptors (Lipinski definition) is 2. The molecule has 0 atom stereocenters. The Labute approximate surface area is 190 Å². The van der Waals surface area contributed by atoms with Gasteiger partial charge in [-0.15, -0.1) is 0 Å². The lowest BCUT2D eigenvalue weighted by atomic mass is 10.0. The second-order valence-corrected chi connectivity index (χ2v) is 8.20. The summed E-state index contributed by atoms with van der Waals surface area (Å²) in [6.07, 6.45) is 0. The van der Waals surface area contributed by atoms with E-state index in [1.165, 1.54) is 11.1 Å². The summed E-state index contributed by atoms with van der Waals surface area (Å²) in [5.74, 6) is 0.711. The van der Waals surface area contributed by atoms with Gasteiger partial charge in [0.05, 0.1) is 11.4 Å². The van der Waals surface area contributed by atoms with Gasteiger partial charge in [0.25, 0.3) is 0 Å². The first-order valence-corrected chi connectivity index (χ1v) is 10.9. The van der Waals surface area contributed by atoms with Crippen molar-refractivity contribution in [3.05, 3.63) is 120 Å². The molecule has 0 aliphatic heterocycles. The quantitative estimate of drug-likeness (QED) is 0.271. The SMILES string of the molecule is Brc1cccc(-c2nc(-c3ccccc3)cc(-c3cccc(-c4ccccc4)c3)n2)c1. The molecular formula is C28H19BrN2. The van der Waals surface area contributed by atoms with E-state index in [2.05, 4.69) is 82.7 Å². The Kier molecular flexibility index (Phi) is 5.42. The number of halogens is 1. The first kappa shape index (κ1) is 19.4. The average Bonchev–Trinajstić information content (AvgIpc) is 2.85. The van der Waals surface area contributed by atoms with Crippen molar-refractivity contribution in [3.8, 4) is 45.0 Å². The average molecular weight is 463 g/mol. The van der Waals surface area contributed by atoms with Crippen molar-refractivity contribution in [2.24, 2.45) is 0 Å². The Hall–Kier alpha value is -3.56. The number of hydrogen-bond donors (Lipinski definition) is 0. The van der Waals surface area contributed by atoms with Crippen LogP contribution in [0.5, 0.6) is 0 Å². The Balaban J connectivity index is 1.67. The lowest BCUT2D eigenvalue weighted by molar-refractivity contribution is 1.18. The van der Waals surface area contributed by atoms with Crippen molar-refractivity contribution in [2.75, 3.05) is 0 Å². The number of rotatable bonds is 4. The smallest absolute Gasteiger partial charge is 0.160 e. The highest BCUT2D eigenvalue weighted by Gasteiger charge is 2.11. The summed E-state index contributed by atoms with van der Waals surface area (Å²) in [6, 6.07) is 39.3. The lowest BCUT2D eigenvalue weighted by Crippen LogP contribution is -1.96. The van der Waals surface area contributed by atoms with Gasteiger partial charge >= 0.3 is 0 Å². The van der Waals surface area contributed by atoms with E-state index in [0.29, 0.717) is 5.82 Å². The molecule has 5 rings (SSSR count). The van der Waals surface area contributed by atoms with Gasteiger partial charge in [-0.3, -0.25) is 0 Å². The predicted molar refractivity (Wildman–Crippen MR) is 131 cm³/mol. The van der Waals surface area contributed by atoms with Crippen molar-refractivity contribution >= 4 is 15.9 Å². The zero-order valence-electron chi connectivity index (χ0n) is 16.7. The predicted octanol–water partition coefficient (Wildman–Crippen LogP) is 7.91. The summed E-state index contributed by atoms with van der Waals surface area (Å²) >= 11 is 3.57. The zero-order chi connectivity index (χ0) is 21.0. The summed E-state index contributed by atoms with van der Waals surface area (Å²) in [7, 11) is 0. The molecule has 2 nitrogen and oxygen atoms in total. The highest BCUT2D eigenvalue weighted by Crippen LogP contribution is 2.30. The molecule has 0 unspecified atom stereocenters. The van der Waals surface area contributed by atoms with Crippen molar-refractivity contribution in [1.29, 1.82) is 0 Å². The van der Waals surface area contributed by atoms with Crippen molar-refractivity contribution < 1.29 is 0 Å². The van der Waals surface area contributed by atoms with Gasteiger partial charge < -0.3 is 0 Å². The molecule has 1 aromatic heterocycles. The van der Waals surface area contributed by atoms with Gasteiger partial charge in [-0.2, -0.15) is 0 Å². The van der Waals surface area contributed by atoms with Crippen molar-refractivity contribution in [3.63, 3.8) is 0 Å². The molecule has 31 heavy (non-hydrogen) atoms. The van der Waals surface area contributed by atoms with E-state index in [-0.39, 0.29) is 0 Å². The van der Waals surface area contributed by atoms with E-state index < -0.39 is 0 Å². The maximum Gasteiger partial charge on any atom is 0.160 e. The molecule has 0 aliphatic carbocycles. The van der Waals surface area contributed by atoms with Crippen molar-refractivity contribution in [2.45, 2.75) is 0 Å². The van der Waals surface area contributed by atoms with E-state index >= 15 is 0 Å². The lowest BCUT2D eigenvalue weighted by Gasteiger charge is -2.11. The van der Waals surface area contributed by atoms with E-state index in [1.807, 2.05) is 48.5 Å². The maximum atomic E-state index is 4.94. The fraction of sp³-hybridized carbons (Fsp3) is 0. The molecule has 0 N–H and O–H groups in total. The van der Waals surface area contributed by atoms with Gasteiger partial charge in [0.1, 0.15) is 0 Å². The van der Waals surface area contributed by atoms with Crippen LogP contribution in [0.15, 0.2) is 120 Å². The Bertz CT molecular complexity index is 1330. The molecule has 148 valence electrons. The molecule has 0 aliphatic rings. The van der Waals surface area contributed by atoms with Crippen LogP contribution in [0.25, 0.3) is 45.0 Å². The third-order valence-corrected chi connectivity index (χ3v) is 5.64. The molecule has 0 fully saturated rings. The molecule has 5 aromatic rings. The normalized spacial score (nSPS) is 10.7. The van der Waals surface area contributed by atoms with Crippen LogP contribution in [0.1, 0.15) is 0 Å². The summed E-state index contributed by atoms with van der Waals surface area (Å²) in [6.45, 7) is 0. The Morgan fingerprint density at radius 2 is 0.968 bits per heavy atom. The minimum absolute atomic E-state index is 0.711. The first-order valence-electron chi connectivity index (χ1n) is 10.1. The van der Waals surface area contributed by atoms with E-state index in [4.69, 9.17) is 9.97 Å². The minimum Gasteiger partial charge on any atom is -0.228 e. The van der Waals surface area contributed by atoms with Crippen LogP contribution in [0, 0.1) is 0 Å². The van der Waals surface area contributed by atoms with Crippen LogP contribution in [0.3, 0.4) is 0 Å². The third-order valence-electron chi connectivity index (χ3n) is 5.14. The van der Waals surface area contributed by atoms with Gasteiger partial charge in [-0.25, -0.2) is 9.97 Å². The molecule has 0 bridgehead atoms. The second-order valence-electron chi connectivity index (χ2n) is 7.29. The summed E-state index contributed by atoms with van der Waals surface area (Å²) in [5.41, 5.74) is 7.29. The fourth-order valence-corrected chi connectivity index (χ4v) is 4.00. The van der Waals surface area contributed by atoms with E-state index in [0.717, 1.165) is 32.6 Å². The molecule has 0 amide bonds. The minimum atomic E-state index is 0.711. The topological polar surface area (TPSA) is 25.8 Å². The summed E-state index contributed by atoms with van der Waals surface area (Å²) in [5, 5.41) is 0. The molecule has 3 heteroatoms. The molecule has 0 radical (unpaired) electrons. The van der Waals surface area contributed by atoms with Crippen LogP contribution < -0.4 is 0 Å². The first-order chi connectivity index (χ1) is 15.3. The van der Waals surface area contributed by atoms with Gasteiger partial charge in [-0.05, 0) is 35.4 Å². The molecule has 0 saturated heterocycles. The van der Waals surface area contributed by atoms with Crippen LogP contribution in [0.2, 0.25) is 0 Å². The van der Waals surface area contributed by atoms with Gasteiger partial charge in [-0.1, -0.05) is 107 Å². The van der Waals surface area contributed by atoms with Crippen LogP contribution in [-0.4, -0.2) is 9.97 Å². The van der Waals surface area contributed by atoms with E-state index in [1.54, 1.807) is 0 Å². The molecular weight excluding hydrogens is 444 g/mol.